The highest BCUT2D eigenvalue weighted by atomic mass is 19.1. The van der Waals surface area contributed by atoms with Crippen LogP contribution in [0.4, 0.5) is 10.2 Å². The molecule has 2 amide bonds. The first kappa shape index (κ1) is 25.1. The number of aromatic amines is 1. The Kier molecular flexibility index (Phi) is 6.91. The predicted octanol–water partition coefficient (Wildman–Crippen LogP) is 3.69. The van der Waals surface area contributed by atoms with E-state index in [-0.39, 0.29) is 30.2 Å². The van der Waals surface area contributed by atoms with Crippen LogP contribution >= 0.6 is 0 Å². The van der Waals surface area contributed by atoms with Gasteiger partial charge in [0.2, 0.25) is 11.7 Å². The van der Waals surface area contributed by atoms with Gasteiger partial charge in [-0.05, 0) is 41.7 Å². The molecule has 0 saturated carbocycles. The number of anilines is 1. The molecule has 0 spiro atoms. The summed E-state index contributed by atoms with van der Waals surface area (Å²) in [5, 5.41) is 17.7. The summed E-state index contributed by atoms with van der Waals surface area (Å²) in [6.07, 6.45) is 3.67. The number of fused-ring (bicyclic) bond motifs is 1. The number of hydrogen-bond acceptors (Lipinski definition) is 7. The summed E-state index contributed by atoms with van der Waals surface area (Å²) < 4.78 is 20.2. The molecule has 196 valence electrons. The summed E-state index contributed by atoms with van der Waals surface area (Å²) in [5.74, 6) is -0.204. The fraction of sp³-hybridized carbons (Fsp3) is 0.296. The summed E-state index contributed by atoms with van der Waals surface area (Å²) in [6.45, 7) is 8.69. The number of amides is 2. The molecule has 4 aromatic rings. The van der Waals surface area contributed by atoms with Crippen molar-refractivity contribution in [2.75, 3.05) is 18.0 Å². The van der Waals surface area contributed by atoms with Gasteiger partial charge in [-0.15, -0.1) is 0 Å². The number of carbonyl (C=O) groups is 2. The van der Waals surface area contributed by atoms with Gasteiger partial charge in [0.25, 0.3) is 5.91 Å². The Labute approximate surface area is 218 Å². The molecule has 0 aliphatic carbocycles. The van der Waals surface area contributed by atoms with Crippen LogP contribution in [-0.2, 0) is 11.3 Å². The first-order valence-corrected chi connectivity index (χ1v) is 12.4. The minimum Gasteiger partial charge on any atom is -0.352 e. The monoisotopic (exact) mass is 517 g/mol. The van der Waals surface area contributed by atoms with Crippen molar-refractivity contribution in [1.29, 1.82) is 0 Å². The van der Waals surface area contributed by atoms with Crippen LogP contribution < -0.4 is 15.5 Å². The molecule has 3 N–H and O–H groups in total. The second-order valence-electron chi connectivity index (χ2n) is 9.53. The molecule has 10 nitrogen and oxygen atoms in total. The van der Waals surface area contributed by atoms with Gasteiger partial charge in [0, 0.05) is 43.5 Å². The van der Waals surface area contributed by atoms with Crippen molar-refractivity contribution in [1.82, 2.24) is 31.0 Å². The topological polar surface area (TPSA) is 129 Å². The number of nitrogens with one attached hydrogen (secondary N) is 3. The minimum atomic E-state index is -0.458. The Morgan fingerprint density at radius 3 is 2.89 bits per heavy atom. The second kappa shape index (κ2) is 10.4. The van der Waals surface area contributed by atoms with Gasteiger partial charge in [0.1, 0.15) is 5.82 Å². The first-order chi connectivity index (χ1) is 18.3. The van der Waals surface area contributed by atoms with Crippen molar-refractivity contribution < 1.29 is 18.5 Å². The van der Waals surface area contributed by atoms with E-state index in [2.05, 4.69) is 42.5 Å². The van der Waals surface area contributed by atoms with Crippen LogP contribution in [0.1, 0.15) is 48.0 Å². The summed E-state index contributed by atoms with van der Waals surface area (Å²) in [4.78, 5) is 30.6. The molecule has 0 radical (unpaired) electrons. The number of rotatable bonds is 8. The van der Waals surface area contributed by atoms with Crippen molar-refractivity contribution >= 4 is 28.7 Å². The van der Waals surface area contributed by atoms with Crippen LogP contribution in [-0.4, -0.2) is 51.3 Å². The van der Waals surface area contributed by atoms with E-state index in [1.165, 1.54) is 12.1 Å². The van der Waals surface area contributed by atoms with Gasteiger partial charge < -0.3 is 20.1 Å². The third kappa shape index (κ3) is 4.99. The summed E-state index contributed by atoms with van der Waals surface area (Å²) in [7, 11) is 0. The van der Waals surface area contributed by atoms with E-state index in [0.717, 1.165) is 17.4 Å². The van der Waals surface area contributed by atoms with Gasteiger partial charge >= 0.3 is 0 Å². The highest BCUT2D eigenvalue weighted by Gasteiger charge is 2.27. The molecule has 1 atom stereocenters. The third-order valence-electron chi connectivity index (χ3n) is 6.61. The second-order valence-corrected chi connectivity index (χ2v) is 9.53. The molecule has 5 rings (SSSR count). The molecule has 1 saturated heterocycles. The number of halogens is 1. The van der Waals surface area contributed by atoms with E-state index >= 15 is 4.39 Å². The smallest absolute Gasteiger partial charge is 0.290 e. The summed E-state index contributed by atoms with van der Waals surface area (Å²) >= 11 is 0. The lowest BCUT2D eigenvalue weighted by Gasteiger charge is -2.17. The fourth-order valence-corrected chi connectivity index (χ4v) is 4.52. The third-order valence-corrected chi connectivity index (χ3v) is 6.61. The van der Waals surface area contributed by atoms with Crippen LogP contribution in [0.2, 0.25) is 0 Å². The summed E-state index contributed by atoms with van der Waals surface area (Å²) in [6, 6.07) is 8.28. The fourth-order valence-electron chi connectivity index (χ4n) is 4.52. The number of aromatic nitrogens is 4. The molecular weight excluding hydrogens is 489 g/mol. The molecular formula is C27H28FN7O3. The predicted molar refractivity (Wildman–Crippen MR) is 140 cm³/mol. The van der Waals surface area contributed by atoms with E-state index in [9.17, 15) is 9.59 Å². The number of H-pyrrole nitrogens is 1. The Morgan fingerprint density at radius 1 is 1.32 bits per heavy atom. The molecule has 11 heteroatoms. The minimum absolute atomic E-state index is 0.00301. The van der Waals surface area contributed by atoms with Gasteiger partial charge in [-0.2, -0.15) is 5.10 Å². The zero-order valence-corrected chi connectivity index (χ0v) is 21.1. The largest absolute Gasteiger partial charge is 0.352 e. The number of nitrogens with zero attached hydrogens (tertiary/aromatic N) is 4. The molecule has 1 aliphatic rings. The number of hydrogen-bond donors (Lipinski definition) is 3. The van der Waals surface area contributed by atoms with Crippen molar-refractivity contribution in [2.45, 2.75) is 38.8 Å². The van der Waals surface area contributed by atoms with E-state index in [1.54, 1.807) is 24.4 Å². The maximum atomic E-state index is 15.1. The highest BCUT2D eigenvalue weighted by molar-refractivity contribution is 6.01. The molecule has 1 fully saturated rings. The molecule has 0 bridgehead atoms. The zero-order chi connectivity index (χ0) is 26.8. The van der Waals surface area contributed by atoms with E-state index in [1.807, 2.05) is 19.9 Å². The van der Waals surface area contributed by atoms with E-state index in [4.69, 9.17) is 4.52 Å². The van der Waals surface area contributed by atoms with Crippen molar-refractivity contribution in [2.24, 2.45) is 0 Å². The normalized spacial score (nSPS) is 15.3. The van der Waals surface area contributed by atoms with Gasteiger partial charge in [0.15, 0.2) is 11.5 Å². The van der Waals surface area contributed by atoms with Gasteiger partial charge in [0.05, 0.1) is 11.1 Å². The Morgan fingerprint density at radius 2 is 2.16 bits per heavy atom. The maximum absolute atomic E-state index is 15.1. The molecule has 4 heterocycles. The van der Waals surface area contributed by atoms with Gasteiger partial charge in [-0.3, -0.25) is 14.7 Å². The molecule has 1 aromatic carbocycles. The maximum Gasteiger partial charge on any atom is 0.290 e. The van der Waals surface area contributed by atoms with Crippen LogP contribution in [0.15, 0.2) is 53.7 Å². The lowest BCUT2D eigenvalue weighted by molar-refractivity contribution is -0.117. The number of pyridine rings is 1. The standard InChI is InChI=1S/C27H28FN7O3/c1-4-23(36)31-18-8-10-35(14-18)26-24-19(7-9-29-25(24)32-33-26)16-5-6-17(20(28)11-16)13-30-27(37)22-12-21(15(2)3)34-38-22/h4-7,9,11-12,15,18H,1,8,10,13-14H2,2-3H3,(H,30,37)(H,31,36)(H,29,32,33)/t18-/m1/s1. The summed E-state index contributed by atoms with van der Waals surface area (Å²) in [5.41, 5.74) is 3.03. The average molecular weight is 518 g/mol. The van der Waals surface area contributed by atoms with Crippen LogP contribution in [0, 0.1) is 5.82 Å². The molecule has 38 heavy (non-hydrogen) atoms. The van der Waals surface area contributed by atoms with E-state index in [0.29, 0.717) is 41.4 Å². The molecule has 3 aromatic heterocycles. The Balaban J connectivity index is 1.35. The van der Waals surface area contributed by atoms with Crippen molar-refractivity contribution in [3.63, 3.8) is 0 Å². The highest BCUT2D eigenvalue weighted by Crippen LogP contribution is 2.35. The Bertz CT molecular complexity index is 1510. The number of carbonyl (C=O) groups excluding carboxylic acids is 2. The van der Waals surface area contributed by atoms with Crippen molar-refractivity contribution in [3.05, 3.63) is 72.0 Å². The lowest BCUT2D eigenvalue weighted by atomic mass is 10.0. The first-order valence-electron chi connectivity index (χ1n) is 12.4. The molecule has 1 aliphatic heterocycles. The van der Waals surface area contributed by atoms with Crippen LogP contribution in [0.25, 0.3) is 22.2 Å². The quantitative estimate of drug-likeness (QED) is 0.304. The average Bonchev–Trinajstić information content (AvgIpc) is 3.67. The van der Waals surface area contributed by atoms with Gasteiger partial charge in [-0.25, -0.2) is 9.37 Å². The van der Waals surface area contributed by atoms with Crippen LogP contribution in [0.3, 0.4) is 0 Å². The van der Waals surface area contributed by atoms with E-state index < -0.39 is 11.7 Å². The number of benzene rings is 1. The lowest BCUT2D eigenvalue weighted by Crippen LogP contribution is -2.36. The van der Waals surface area contributed by atoms with Crippen molar-refractivity contribution in [3.8, 4) is 11.1 Å². The van der Waals surface area contributed by atoms with Gasteiger partial charge in [-0.1, -0.05) is 37.7 Å². The zero-order valence-electron chi connectivity index (χ0n) is 21.1. The molecule has 0 unspecified atom stereocenters. The van der Waals surface area contributed by atoms with Crippen LogP contribution in [0.5, 0.6) is 0 Å². The SMILES string of the molecule is C=CC(=O)N[C@@H]1CCN(c2n[nH]c3nccc(-c4ccc(CNC(=O)c5cc(C(C)C)no5)c(F)c4)c23)C1. The Hall–Kier alpha value is -4.54.